The highest BCUT2D eigenvalue weighted by Crippen LogP contribution is 2.10. The van der Waals surface area contributed by atoms with E-state index in [0.29, 0.717) is 10.0 Å². The lowest BCUT2D eigenvalue weighted by Crippen LogP contribution is -2.14. The van der Waals surface area contributed by atoms with Crippen LogP contribution >= 0.6 is 23.2 Å². The third-order valence-electron chi connectivity index (χ3n) is 2.19. The van der Waals surface area contributed by atoms with Crippen molar-refractivity contribution >= 4 is 34.8 Å². The van der Waals surface area contributed by atoms with Crippen molar-refractivity contribution in [3.63, 3.8) is 0 Å². The van der Waals surface area contributed by atoms with Gasteiger partial charge < -0.3 is 10.6 Å². The molecule has 2 rings (SSSR count). The molecule has 94 valence electrons. The lowest BCUT2D eigenvalue weighted by molar-refractivity contribution is 1.04. The van der Waals surface area contributed by atoms with E-state index in [0.717, 1.165) is 24.7 Å². The first-order valence-corrected chi connectivity index (χ1v) is 6.20. The molecule has 0 aliphatic rings. The van der Waals surface area contributed by atoms with Crippen LogP contribution in [0.5, 0.6) is 0 Å². The van der Waals surface area contributed by atoms with E-state index in [1.54, 1.807) is 24.5 Å². The standard InChI is InChI=1S/C12H12Cl2N4/c13-9-1-3-11(17-7-9)15-5-6-16-12-4-2-10(14)8-18-12/h1-4,7-8H,5-6H2,(H,15,17)(H,16,18). The number of nitrogens with one attached hydrogen (secondary N) is 2. The Morgan fingerprint density at radius 1 is 0.778 bits per heavy atom. The summed E-state index contributed by atoms with van der Waals surface area (Å²) in [4.78, 5) is 8.26. The van der Waals surface area contributed by atoms with Gasteiger partial charge in [0.2, 0.25) is 0 Å². The summed E-state index contributed by atoms with van der Waals surface area (Å²) in [5, 5.41) is 7.59. The predicted octanol–water partition coefficient (Wildman–Crippen LogP) is 3.31. The van der Waals surface area contributed by atoms with Crippen LogP contribution in [0.2, 0.25) is 10.0 Å². The smallest absolute Gasteiger partial charge is 0.126 e. The van der Waals surface area contributed by atoms with E-state index in [1.807, 2.05) is 12.1 Å². The zero-order valence-corrected chi connectivity index (χ0v) is 11.0. The summed E-state index contributed by atoms with van der Waals surface area (Å²) in [7, 11) is 0. The van der Waals surface area contributed by atoms with Gasteiger partial charge in [0.25, 0.3) is 0 Å². The summed E-state index contributed by atoms with van der Waals surface area (Å²) in [6, 6.07) is 7.27. The second-order valence-corrected chi connectivity index (χ2v) is 4.45. The van der Waals surface area contributed by atoms with E-state index in [2.05, 4.69) is 20.6 Å². The summed E-state index contributed by atoms with van der Waals surface area (Å²) >= 11 is 11.5. The number of aromatic nitrogens is 2. The van der Waals surface area contributed by atoms with Gasteiger partial charge in [-0.1, -0.05) is 23.2 Å². The molecule has 0 aromatic carbocycles. The average Bonchev–Trinajstić information content (AvgIpc) is 2.39. The van der Waals surface area contributed by atoms with Crippen LogP contribution in [0.3, 0.4) is 0 Å². The van der Waals surface area contributed by atoms with Crippen LogP contribution < -0.4 is 10.6 Å². The Bertz CT molecular complexity index is 437. The number of anilines is 2. The maximum Gasteiger partial charge on any atom is 0.126 e. The predicted molar refractivity (Wildman–Crippen MR) is 75.5 cm³/mol. The van der Waals surface area contributed by atoms with Gasteiger partial charge in [-0.05, 0) is 24.3 Å². The van der Waals surface area contributed by atoms with Crippen LogP contribution in [-0.4, -0.2) is 23.1 Å². The second kappa shape index (κ2) is 6.42. The Kier molecular flexibility index (Phi) is 4.61. The topological polar surface area (TPSA) is 49.8 Å². The molecule has 2 aromatic rings. The average molecular weight is 283 g/mol. The van der Waals surface area contributed by atoms with Gasteiger partial charge in [0.15, 0.2) is 0 Å². The summed E-state index contributed by atoms with van der Waals surface area (Å²) in [5.74, 6) is 1.59. The van der Waals surface area contributed by atoms with Gasteiger partial charge in [0.1, 0.15) is 11.6 Å². The minimum absolute atomic E-state index is 0.629. The van der Waals surface area contributed by atoms with Crippen LogP contribution in [0.15, 0.2) is 36.7 Å². The molecule has 0 amide bonds. The molecule has 0 saturated carbocycles. The van der Waals surface area contributed by atoms with Crippen molar-refractivity contribution in [3.8, 4) is 0 Å². The molecule has 0 aliphatic heterocycles. The van der Waals surface area contributed by atoms with Crippen molar-refractivity contribution in [1.29, 1.82) is 0 Å². The molecule has 6 heteroatoms. The highest BCUT2D eigenvalue weighted by atomic mass is 35.5. The Morgan fingerprint density at radius 3 is 1.56 bits per heavy atom. The van der Waals surface area contributed by atoms with Crippen molar-refractivity contribution in [2.45, 2.75) is 0 Å². The number of hydrogen-bond acceptors (Lipinski definition) is 4. The maximum absolute atomic E-state index is 5.74. The quantitative estimate of drug-likeness (QED) is 0.827. The fourth-order valence-corrected chi connectivity index (χ4v) is 1.57. The van der Waals surface area contributed by atoms with Crippen LogP contribution in [-0.2, 0) is 0 Å². The van der Waals surface area contributed by atoms with Crippen molar-refractivity contribution < 1.29 is 0 Å². The first-order chi connectivity index (χ1) is 8.74. The van der Waals surface area contributed by atoms with Crippen molar-refractivity contribution in [3.05, 3.63) is 46.7 Å². The molecule has 4 nitrogen and oxygen atoms in total. The molecule has 0 fully saturated rings. The lowest BCUT2D eigenvalue weighted by Gasteiger charge is -2.07. The van der Waals surface area contributed by atoms with Crippen LogP contribution in [0, 0.1) is 0 Å². The monoisotopic (exact) mass is 282 g/mol. The molecule has 0 aliphatic carbocycles. The van der Waals surface area contributed by atoms with E-state index in [-0.39, 0.29) is 0 Å². The largest absolute Gasteiger partial charge is 0.368 e. The Labute approximate surface area is 115 Å². The van der Waals surface area contributed by atoms with Crippen molar-refractivity contribution in [2.24, 2.45) is 0 Å². The summed E-state index contributed by atoms with van der Waals surface area (Å²) < 4.78 is 0. The fraction of sp³-hybridized carbons (Fsp3) is 0.167. The van der Waals surface area contributed by atoms with Gasteiger partial charge in [0.05, 0.1) is 10.0 Å². The molecule has 0 unspecified atom stereocenters. The van der Waals surface area contributed by atoms with Gasteiger partial charge in [-0.3, -0.25) is 0 Å². The third-order valence-corrected chi connectivity index (χ3v) is 2.64. The van der Waals surface area contributed by atoms with Crippen molar-refractivity contribution in [1.82, 2.24) is 9.97 Å². The van der Waals surface area contributed by atoms with E-state index in [1.165, 1.54) is 0 Å². The molecule has 0 atom stereocenters. The maximum atomic E-state index is 5.74. The summed E-state index contributed by atoms with van der Waals surface area (Å²) in [5.41, 5.74) is 0. The zero-order chi connectivity index (χ0) is 12.8. The fourth-order valence-electron chi connectivity index (χ4n) is 1.34. The molecule has 0 bridgehead atoms. The highest BCUT2D eigenvalue weighted by molar-refractivity contribution is 6.30. The number of hydrogen-bond donors (Lipinski definition) is 2. The molecular formula is C12H12Cl2N4. The van der Waals surface area contributed by atoms with E-state index in [9.17, 15) is 0 Å². The van der Waals surface area contributed by atoms with Crippen molar-refractivity contribution in [2.75, 3.05) is 23.7 Å². The molecule has 18 heavy (non-hydrogen) atoms. The zero-order valence-electron chi connectivity index (χ0n) is 9.53. The van der Waals surface area contributed by atoms with Crippen LogP contribution in [0.25, 0.3) is 0 Å². The summed E-state index contributed by atoms with van der Waals surface area (Å²) in [6.07, 6.45) is 3.22. The first-order valence-electron chi connectivity index (χ1n) is 5.45. The normalized spacial score (nSPS) is 10.1. The van der Waals surface area contributed by atoms with E-state index >= 15 is 0 Å². The Balaban J connectivity index is 1.73. The van der Waals surface area contributed by atoms with E-state index in [4.69, 9.17) is 23.2 Å². The Hall–Kier alpha value is -1.52. The molecule has 2 N–H and O–H groups in total. The molecular weight excluding hydrogens is 271 g/mol. The lowest BCUT2D eigenvalue weighted by atomic mass is 10.4. The Morgan fingerprint density at radius 2 is 1.22 bits per heavy atom. The minimum atomic E-state index is 0.629. The number of rotatable bonds is 5. The molecule has 2 heterocycles. The van der Waals surface area contributed by atoms with E-state index < -0.39 is 0 Å². The highest BCUT2D eigenvalue weighted by Gasteiger charge is 1.95. The number of halogens is 2. The van der Waals surface area contributed by atoms with Crippen LogP contribution in [0.4, 0.5) is 11.6 Å². The van der Waals surface area contributed by atoms with Gasteiger partial charge in [-0.2, -0.15) is 0 Å². The third kappa shape index (κ3) is 4.05. The van der Waals surface area contributed by atoms with Crippen LogP contribution in [0.1, 0.15) is 0 Å². The van der Waals surface area contributed by atoms with Gasteiger partial charge >= 0.3 is 0 Å². The minimum Gasteiger partial charge on any atom is -0.368 e. The van der Waals surface area contributed by atoms with Gasteiger partial charge in [-0.25, -0.2) is 9.97 Å². The van der Waals surface area contributed by atoms with Gasteiger partial charge in [0, 0.05) is 25.5 Å². The number of pyridine rings is 2. The SMILES string of the molecule is Clc1ccc(NCCNc2ccc(Cl)cn2)nc1. The first kappa shape index (κ1) is 12.9. The molecule has 0 saturated heterocycles. The second-order valence-electron chi connectivity index (χ2n) is 3.58. The number of nitrogens with zero attached hydrogens (tertiary/aromatic N) is 2. The van der Waals surface area contributed by atoms with Gasteiger partial charge in [-0.15, -0.1) is 0 Å². The summed E-state index contributed by atoms with van der Waals surface area (Å²) in [6.45, 7) is 1.47. The molecule has 0 radical (unpaired) electrons. The molecule has 2 aromatic heterocycles. The molecule has 0 spiro atoms.